The first-order valence-corrected chi connectivity index (χ1v) is 14.2. The normalized spacial score (nSPS) is 11.7. The summed E-state index contributed by atoms with van der Waals surface area (Å²) in [6, 6.07) is 10.0. The van der Waals surface area contributed by atoms with Crippen LogP contribution in [0, 0.1) is 5.82 Å². The van der Waals surface area contributed by atoms with Crippen LogP contribution in [0.25, 0.3) is 12.2 Å². The SMILES string of the molecule is COCCNC(=O)OCCc1cn(CCCCc2ccc(OCc3coc(/C=C/c4ccc(C(F)(F)F)cc4F)n3)cc2)nn1. The second-order valence-corrected chi connectivity index (χ2v) is 9.91. The van der Waals surface area contributed by atoms with E-state index in [2.05, 4.69) is 20.6 Å². The van der Waals surface area contributed by atoms with E-state index in [0.29, 0.717) is 37.1 Å². The second-order valence-electron chi connectivity index (χ2n) is 9.91. The highest BCUT2D eigenvalue weighted by Crippen LogP contribution is 2.30. The van der Waals surface area contributed by atoms with E-state index in [1.165, 1.54) is 18.4 Å². The molecule has 1 N–H and O–H groups in total. The summed E-state index contributed by atoms with van der Waals surface area (Å²) in [5, 5.41) is 10.8. The number of unbranched alkanes of at least 4 members (excludes halogenated alkanes) is 1. The minimum atomic E-state index is -4.61. The first-order chi connectivity index (χ1) is 21.7. The topological polar surface area (TPSA) is 114 Å². The van der Waals surface area contributed by atoms with Gasteiger partial charge in [-0.05, 0) is 55.2 Å². The Labute approximate surface area is 257 Å². The number of oxazole rings is 1. The molecule has 0 aliphatic rings. The molecule has 0 atom stereocenters. The number of alkyl halides is 3. The monoisotopic (exact) mass is 631 g/mol. The molecule has 0 spiro atoms. The largest absolute Gasteiger partial charge is 0.487 e. The van der Waals surface area contributed by atoms with Crippen LogP contribution >= 0.6 is 0 Å². The van der Waals surface area contributed by atoms with Crippen molar-refractivity contribution in [3.63, 3.8) is 0 Å². The van der Waals surface area contributed by atoms with E-state index in [1.807, 2.05) is 30.5 Å². The van der Waals surface area contributed by atoms with Gasteiger partial charge in [0.05, 0.1) is 24.5 Å². The van der Waals surface area contributed by atoms with Gasteiger partial charge >= 0.3 is 12.3 Å². The highest BCUT2D eigenvalue weighted by molar-refractivity contribution is 5.67. The maximum Gasteiger partial charge on any atom is 0.416 e. The third kappa shape index (κ3) is 11.1. The number of halogens is 4. The molecule has 0 unspecified atom stereocenters. The number of carbonyl (C=O) groups excluding carboxylic acids is 1. The lowest BCUT2D eigenvalue weighted by Crippen LogP contribution is -2.28. The van der Waals surface area contributed by atoms with Crippen LogP contribution in [0.4, 0.5) is 22.4 Å². The molecule has 0 radical (unpaired) electrons. The standard InChI is InChI=1S/C31H33F4N5O5/c1-42-17-14-36-30(41)43-16-13-25-19-40(39-38-25)15-3-2-4-22-5-10-27(11-6-22)44-20-26-21-45-29(37-26)12-8-23-7-9-24(18-28(23)32)31(33,34)35/h5-12,18-19,21H,2-4,13-17,20H2,1H3,(H,36,41)/b12-8+. The number of carbonyl (C=O) groups is 1. The molecule has 4 rings (SSSR count). The molecule has 1 amide bonds. The van der Waals surface area contributed by atoms with Crippen LogP contribution in [-0.4, -0.2) is 52.9 Å². The van der Waals surface area contributed by atoms with E-state index in [1.54, 1.807) is 11.8 Å². The molecule has 240 valence electrons. The van der Waals surface area contributed by atoms with Crippen LogP contribution < -0.4 is 10.1 Å². The van der Waals surface area contributed by atoms with Gasteiger partial charge < -0.3 is 23.9 Å². The molecule has 0 bridgehead atoms. The van der Waals surface area contributed by atoms with Crippen molar-refractivity contribution in [1.82, 2.24) is 25.3 Å². The average Bonchev–Trinajstić information content (AvgIpc) is 3.67. The first-order valence-electron chi connectivity index (χ1n) is 14.2. The number of nitrogens with zero attached hydrogens (tertiary/aromatic N) is 4. The van der Waals surface area contributed by atoms with Gasteiger partial charge in [-0.2, -0.15) is 13.2 Å². The highest BCUT2D eigenvalue weighted by Gasteiger charge is 2.31. The van der Waals surface area contributed by atoms with Crippen LogP contribution in [-0.2, 0) is 41.6 Å². The Bertz CT molecular complexity index is 1540. The Morgan fingerprint density at radius 2 is 1.87 bits per heavy atom. The summed E-state index contributed by atoms with van der Waals surface area (Å²) in [6.07, 6.45) is 4.03. The number of hydrogen-bond acceptors (Lipinski definition) is 8. The number of alkyl carbamates (subject to hydrolysis) is 1. The molecule has 2 aromatic carbocycles. The molecule has 2 heterocycles. The molecule has 2 aromatic heterocycles. The summed E-state index contributed by atoms with van der Waals surface area (Å²) < 4.78 is 75.0. The summed E-state index contributed by atoms with van der Waals surface area (Å²) in [4.78, 5) is 15.8. The van der Waals surface area contributed by atoms with Gasteiger partial charge in [0.2, 0.25) is 5.89 Å². The van der Waals surface area contributed by atoms with E-state index in [-0.39, 0.29) is 24.7 Å². The van der Waals surface area contributed by atoms with Crippen molar-refractivity contribution < 1.29 is 41.0 Å². The summed E-state index contributed by atoms with van der Waals surface area (Å²) in [6.45, 7) is 1.88. The van der Waals surface area contributed by atoms with Crippen molar-refractivity contribution >= 4 is 18.2 Å². The minimum absolute atomic E-state index is 0.0222. The lowest BCUT2D eigenvalue weighted by atomic mass is 10.1. The minimum Gasteiger partial charge on any atom is -0.487 e. The molecular formula is C31H33F4N5O5. The van der Waals surface area contributed by atoms with Crippen molar-refractivity contribution in [2.75, 3.05) is 26.9 Å². The van der Waals surface area contributed by atoms with Crippen molar-refractivity contribution in [3.8, 4) is 5.75 Å². The molecule has 4 aromatic rings. The van der Waals surface area contributed by atoms with Crippen LogP contribution in [0.2, 0.25) is 0 Å². The molecule has 0 aliphatic heterocycles. The lowest BCUT2D eigenvalue weighted by molar-refractivity contribution is -0.137. The number of aryl methyl sites for hydroxylation is 2. The van der Waals surface area contributed by atoms with Crippen molar-refractivity contribution in [3.05, 3.63) is 94.7 Å². The summed E-state index contributed by atoms with van der Waals surface area (Å²) in [5.74, 6) is -0.181. The van der Waals surface area contributed by atoms with Gasteiger partial charge in [-0.25, -0.2) is 14.2 Å². The maximum absolute atomic E-state index is 14.0. The summed E-state index contributed by atoms with van der Waals surface area (Å²) in [5.41, 5.74) is 1.33. The number of amides is 1. The van der Waals surface area contributed by atoms with E-state index >= 15 is 0 Å². The quantitative estimate of drug-likeness (QED) is 0.116. The number of hydrogen-bond donors (Lipinski definition) is 1. The Balaban J connectivity index is 1.13. The Morgan fingerprint density at radius 1 is 1.04 bits per heavy atom. The smallest absolute Gasteiger partial charge is 0.416 e. The average molecular weight is 632 g/mol. The molecule has 14 heteroatoms. The maximum atomic E-state index is 14.0. The Kier molecular flexibility index (Phi) is 12.1. The summed E-state index contributed by atoms with van der Waals surface area (Å²) >= 11 is 0. The van der Waals surface area contributed by atoms with Gasteiger partial charge in [0, 0.05) is 44.5 Å². The first kappa shape index (κ1) is 33.2. The van der Waals surface area contributed by atoms with Gasteiger partial charge in [-0.3, -0.25) is 4.68 Å². The number of nitrogens with one attached hydrogen (secondary N) is 1. The van der Waals surface area contributed by atoms with Crippen LogP contribution in [0.15, 0.2) is 59.3 Å². The van der Waals surface area contributed by atoms with E-state index in [0.717, 1.165) is 49.2 Å². The van der Waals surface area contributed by atoms with Crippen LogP contribution in [0.1, 0.15) is 46.8 Å². The molecule has 0 aliphatic carbocycles. The number of benzene rings is 2. The fourth-order valence-corrected chi connectivity index (χ4v) is 4.09. The second kappa shape index (κ2) is 16.4. The van der Waals surface area contributed by atoms with Crippen molar-refractivity contribution in [2.45, 2.75) is 45.0 Å². The number of aromatic nitrogens is 4. The highest BCUT2D eigenvalue weighted by atomic mass is 19.4. The van der Waals surface area contributed by atoms with Gasteiger partial charge in [0.15, 0.2) is 0 Å². The molecular weight excluding hydrogens is 598 g/mol. The number of methoxy groups -OCH3 is 1. The zero-order chi connectivity index (χ0) is 32.1. The van der Waals surface area contributed by atoms with E-state index in [4.69, 9.17) is 18.6 Å². The molecule has 0 fully saturated rings. The fraction of sp³-hybridized carbons (Fsp3) is 0.355. The van der Waals surface area contributed by atoms with Crippen molar-refractivity contribution in [2.24, 2.45) is 0 Å². The predicted octanol–water partition coefficient (Wildman–Crippen LogP) is 6.11. The van der Waals surface area contributed by atoms with Gasteiger partial charge in [0.1, 0.15) is 30.1 Å². The van der Waals surface area contributed by atoms with Gasteiger partial charge in [-0.15, -0.1) is 5.10 Å². The predicted molar refractivity (Wildman–Crippen MR) is 155 cm³/mol. The number of rotatable bonds is 16. The van der Waals surface area contributed by atoms with Crippen molar-refractivity contribution in [1.29, 1.82) is 0 Å². The summed E-state index contributed by atoms with van der Waals surface area (Å²) in [7, 11) is 1.56. The van der Waals surface area contributed by atoms with Gasteiger partial charge in [-0.1, -0.05) is 23.4 Å². The molecule has 0 saturated heterocycles. The Morgan fingerprint density at radius 3 is 2.62 bits per heavy atom. The lowest BCUT2D eigenvalue weighted by Gasteiger charge is -2.07. The number of ether oxygens (including phenoxy) is 3. The van der Waals surface area contributed by atoms with E-state index in [9.17, 15) is 22.4 Å². The molecule has 10 nitrogen and oxygen atoms in total. The Hall–Kier alpha value is -4.72. The van der Waals surface area contributed by atoms with E-state index < -0.39 is 23.7 Å². The molecule has 0 saturated carbocycles. The van der Waals surface area contributed by atoms with Gasteiger partial charge in [0.25, 0.3) is 0 Å². The zero-order valence-electron chi connectivity index (χ0n) is 24.6. The zero-order valence-corrected chi connectivity index (χ0v) is 24.6. The molecule has 45 heavy (non-hydrogen) atoms. The van der Waals surface area contributed by atoms with Crippen LogP contribution in [0.5, 0.6) is 5.75 Å². The third-order valence-corrected chi connectivity index (χ3v) is 6.47. The third-order valence-electron chi connectivity index (χ3n) is 6.47. The van der Waals surface area contributed by atoms with Crippen LogP contribution in [0.3, 0.4) is 0 Å². The fourth-order valence-electron chi connectivity index (χ4n) is 4.09.